The first-order valence-corrected chi connectivity index (χ1v) is 8.11. The zero-order valence-electron chi connectivity index (χ0n) is 13.4. The van der Waals surface area contributed by atoms with Crippen molar-refractivity contribution in [1.82, 2.24) is 4.90 Å². The number of likely N-dealkylation sites (tertiary alicyclic amines) is 1. The van der Waals surface area contributed by atoms with Gasteiger partial charge in [0.25, 0.3) is 0 Å². The number of benzene rings is 1. The second-order valence-corrected chi connectivity index (χ2v) is 6.58. The monoisotopic (exact) mass is 338 g/mol. The number of rotatable bonds is 2. The van der Waals surface area contributed by atoms with Crippen LogP contribution in [0.3, 0.4) is 0 Å². The van der Waals surface area contributed by atoms with Crippen LogP contribution in [-0.4, -0.2) is 47.6 Å². The molecule has 0 aliphatic carbocycles. The number of hydrogen-bond donors (Lipinski definition) is 1. The molecule has 7 heteroatoms. The van der Waals surface area contributed by atoms with Crippen LogP contribution in [0.25, 0.3) is 0 Å². The minimum atomic E-state index is -0.850. The highest BCUT2D eigenvalue weighted by atomic mass is 19.1. The quantitative estimate of drug-likeness (QED) is 0.833. The Balaban J connectivity index is 1.73. The molecule has 2 fully saturated rings. The molecule has 2 saturated heterocycles. The standard InChI is InChI=1S/C17H20F2N2O3/c1-10-2-4-20(9-15(10)22)16(23)14-3-5-21(17(14)24)13-7-11(18)6-12(19)8-13/h6-8,10,14-15,22H,2-5,9H2,1H3. The first-order chi connectivity index (χ1) is 11.4. The molecule has 2 heterocycles. The number of hydrogen-bond acceptors (Lipinski definition) is 3. The van der Waals surface area contributed by atoms with Gasteiger partial charge in [-0.25, -0.2) is 8.78 Å². The summed E-state index contributed by atoms with van der Waals surface area (Å²) < 4.78 is 26.7. The van der Waals surface area contributed by atoms with E-state index in [9.17, 15) is 23.5 Å². The number of carbonyl (C=O) groups excluding carboxylic acids is 2. The number of anilines is 1. The van der Waals surface area contributed by atoms with Crippen LogP contribution in [0.15, 0.2) is 18.2 Å². The predicted molar refractivity (Wildman–Crippen MR) is 83.2 cm³/mol. The van der Waals surface area contributed by atoms with E-state index in [0.29, 0.717) is 19.4 Å². The van der Waals surface area contributed by atoms with Crippen molar-refractivity contribution in [2.75, 3.05) is 24.5 Å². The maximum atomic E-state index is 13.4. The number of halogens is 2. The van der Waals surface area contributed by atoms with Gasteiger partial charge in [-0.05, 0) is 30.9 Å². The second kappa shape index (κ2) is 6.47. The van der Waals surface area contributed by atoms with Gasteiger partial charge in [0.1, 0.15) is 17.6 Å². The number of aliphatic hydroxyl groups excluding tert-OH is 1. The van der Waals surface area contributed by atoms with Gasteiger partial charge in [0, 0.05) is 31.4 Å². The Morgan fingerprint density at radius 3 is 2.46 bits per heavy atom. The summed E-state index contributed by atoms with van der Waals surface area (Å²) in [7, 11) is 0. The van der Waals surface area contributed by atoms with Gasteiger partial charge >= 0.3 is 0 Å². The van der Waals surface area contributed by atoms with Gasteiger partial charge in [-0.1, -0.05) is 6.92 Å². The van der Waals surface area contributed by atoms with E-state index in [1.807, 2.05) is 6.92 Å². The molecule has 130 valence electrons. The third-order valence-corrected chi connectivity index (χ3v) is 4.89. The van der Waals surface area contributed by atoms with Crippen LogP contribution in [0.4, 0.5) is 14.5 Å². The summed E-state index contributed by atoms with van der Waals surface area (Å²) in [5.74, 6) is -3.01. The fourth-order valence-corrected chi connectivity index (χ4v) is 3.33. The van der Waals surface area contributed by atoms with Crippen LogP contribution in [0.2, 0.25) is 0 Å². The minimum absolute atomic E-state index is 0.125. The molecule has 1 N–H and O–H groups in total. The summed E-state index contributed by atoms with van der Waals surface area (Å²) in [5.41, 5.74) is 0.125. The molecule has 0 spiro atoms. The Labute approximate surface area is 138 Å². The van der Waals surface area contributed by atoms with Crippen molar-refractivity contribution in [3.63, 3.8) is 0 Å². The van der Waals surface area contributed by atoms with E-state index in [0.717, 1.165) is 18.2 Å². The third-order valence-electron chi connectivity index (χ3n) is 4.89. The first-order valence-electron chi connectivity index (χ1n) is 8.11. The van der Waals surface area contributed by atoms with E-state index in [1.165, 1.54) is 9.80 Å². The minimum Gasteiger partial charge on any atom is -0.391 e. The summed E-state index contributed by atoms with van der Waals surface area (Å²) in [6.07, 6.45) is 0.400. The van der Waals surface area contributed by atoms with E-state index in [-0.39, 0.29) is 30.6 Å². The Hall–Kier alpha value is -2.02. The zero-order chi connectivity index (χ0) is 17.4. The molecule has 0 bridgehead atoms. The van der Waals surface area contributed by atoms with Gasteiger partial charge in [0.15, 0.2) is 0 Å². The molecule has 3 rings (SSSR count). The molecule has 3 atom stereocenters. The summed E-state index contributed by atoms with van der Waals surface area (Å²) >= 11 is 0. The van der Waals surface area contributed by atoms with Crippen molar-refractivity contribution >= 4 is 17.5 Å². The Bertz CT molecular complexity index is 647. The summed E-state index contributed by atoms with van der Waals surface area (Å²) in [5, 5.41) is 9.92. The molecule has 1 aromatic carbocycles. The fourth-order valence-electron chi connectivity index (χ4n) is 3.33. The van der Waals surface area contributed by atoms with Gasteiger partial charge in [0.05, 0.1) is 6.10 Å². The average molecular weight is 338 g/mol. The van der Waals surface area contributed by atoms with Gasteiger partial charge in [-0.15, -0.1) is 0 Å². The Morgan fingerprint density at radius 1 is 1.17 bits per heavy atom. The fraction of sp³-hybridized carbons (Fsp3) is 0.529. The molecule has 5 nitrogen and oxygen atoms in total. The largest absolute Gasteiger partial charge is 0.391 e. The lowest BCUT2D eigenvalue weighted by atomic mass is 9.94. The van der Waals surface area contributed by atoms with Crippen LogP contribution in [0.5, 0.6) is 0 Å². The summed E-state index contributed by atoms with van der Waals surface area (Å²) in [6.45, 7) is 2.90. The van der Waals surface area contributed by atoms with Crippen molar-refractivity contribution in [3.05, 3.63) is 29.8 Å². The summed E-state index contributed by atoms with van der Waals surface area (Å²) in [4.78, 5) is 27.9. The average Bonchev–Trinajstić information content (AvgIpc) is 2.90. The molecule has 1 aromatic rings. The molecule has 0 saturated carbocycles. The summed E-state index contributed by atoms with van der Waals surface area (Å²) in [6, 6.07) is 2.91. The number of nitrogens with zero attached hydrogens (tertiary/aromatic N) is 2. The number of amides is 2. The van der Waals surface area contributed by atoms with Crippen molar-refractivity contribution in [1.29, 1.82) is 0 Å². The van der Waals surface area contributed by atoms with Crippen LogP contribution >= 0.6 is 0 Å². The van der Waals surface area contributed by atoms with E-state index in [1.54, 1.807) is 0 Å². The van der Waals surface area contributed by atoms with E-state index in [4.69, 9.17) is 0 Å². The highest BCUT2D eigenvalue weighted by Crippen LogP contribution is 2.29. The topological polar surface area (TPSA) is 60.9 Å². The molecule has 0 radical (unpaired) electrons. The predicted octanol–water partition coefficient (Wildman–Crippen LogP) is 1.55. The molecule has 0 aromatic heterocycles. The first kappa shape index (κ1) is 16.8. The number of carbonyl (C=O) groups is 2. The molecule has 2 aliphatic heterocycles. The van der Waals surface area contributed by atoms with Crippen molar-refractivity contribution in [2.45, 2.75) is 25.9 Å². The Kier molecular flexibility index (Phi) is 4.54. The maximum absolute atomic E-state index is 13.4. The number of piperidine rings is 1. The van der Waals surface area contributed by atoms with E-state index >= 15 is 0 Å². The molecule has 2 amide bonds. The highest BCUT2D eigenvalue weighted by molar-refractivity contribution is 6.09. The van der Waals surface area contributed by atoms with Crippen LogP contribution in [-0.2, 0) is 9.59 Å². The number of β-amino-alcohol motifs (C(OH)–C–C–N with tert-alkyl or cyclic N) is 1. The maximum Gasteiger partial charge on any atom is 0.239 e. The highest BCUT2D eigenvalue weighted by Gasteiger charge is 2.41. The normalized spacial score (nSPS) is 27.7. The van der Waals surface area contributed by atoms with Crippen molar-refractivity contribution in [3.8, 4) is 0 Å². The molecule has 2 aliphatic rings. The van der Waals surface area contributed by atoms with Gasteiger partial charge < -0.3 is 14.9 Å². The lowest BCUT2D eigenvalue weighted by Gasteiger charge is -2.35. The van der Waals surface area contributed by atoms with Gasteiger partial charge in [0.2, 0.25) is 11.8 Å². The molecular weight excluding hydrogens is 318 g/mol. The lowest BCUT2D eigenvalue weighted by Crippen LogP contribution is -2.49. The van der Waals surface area contributed by atoms with E-state index < -0.39 is 29.6 Å². The van der Waals surface area contributed by atoms with Crippen LogP contribution in [0.1, 0.15) is 19.8 Å². The molecule has 24 heavy (non-hydrogen) atoms. The van der Waals surface area contributed by atoms with E-state index in [2.05, 4.69) is 0 Å². The third kappa shape index (κ3) is 3.13. The SMILES string of the molecule is CC1CCN(C(=O)C2CCN(c3cc(F)cc(F)c3)C2=O)CC1O. The Morgan fingerprint density at radius 2 is 1.83 bits per heavy atom. The van der Waals surface area contributed by atoms with Crippen LogP contribution < -0.4 is 4.90 Å². The van der Waals surface area contributed by atoms with Gasteiger partial charge in [-0.2, -0.15) is 0 Å². The van der Waals surface area contributed by atoms with Crippen LogP contribution in [0, 0.1) is 23.5 Å². The molecular formula is C17H20F2N2O3. The zero-order valence-corrected chi connectivity index (χ0v) is 13.4. The smallest absolute Gasteiger partial charge is 0.239 e. The second-order valence-electron chi connectivity index (χ2n) is 6.58. The van der Waals surface area contributed by atoms with Crippen molar-refractivity contribution in [2.24, 2.45) is 11.8 Å². The molecule has 3 unspecified atom stereocenters. The lowest BCUT2D eigenvalue weighted by molar-refractivity contribution is -0.143. The van der Waals surface area contributed by atoms with Gasteiger partial charge in [-0.3, -0.25) is 9.59 Å². The number of aliphatic hydroxyl groups is 1. The van der Waals surface area contributed by atoms with Crippen molar-refractivity contribution < 1.29 is 23.5 Å².